The normalized spacial score (nSPS) is 17.8. The molecule has 1 saturated heterocycles. The molecule has 1 fully saturated rings. The Labute approximate surface area is 216 Å². The largest absolute Gasteiger partial charge is 0.487 e. The van der Waals surface area contributed by atoms with Crippen molar-refractivity contribution in [3.8, 4) is 11.8 Å². The van der Waals surface area contributed by atoms with E-state index in [1.54, 1.807) is 18.1 Å². The van der Waals surface area contributed by atoms with E-state index in [1.165, 1.54) is 13.3 Å². The van der Waals surface area contributed by atoms with Crippen molar-refractivity contribution < 1.29 is 23.8 Å². The van der Waals surface area contributed by atoms with Crippen LogP contribution in [0, 0.1) is 11.3 Å². The topological polar surface area (TPSA) is 130 Å². The molecule has 4 rings (SSSR count). The number of anilines is 2. The maximum absolute atomic E-state index is 12.5. The number of aldehydes is 1. The number of hydrogen-bond donors (Lipinski definition) is 1. The van der Waals surface area contributed by atoms with E-state index < -0.39 is 6.10 Å². The zero-order valence-electron chi connectivity index (χ0n) is 21.4. The number of nitrogens with zero attached hydrogens (tertiary/aromatic N) is 5. The Hall–Kier alpha value is -3.75. The number of nitriles is 1. The third-order valence-corrected chi connectivity index (χ3v) is 6.54. The molecule has 1 N–H and O–H groups in total. The lowest BCUT2D eigenvalue weighted by Crippen LogP contribution is -2.36. The SMILES string of the molecule is COC[C@@H](C)Oc1cc(NCN2CCCc3cc(CN4CC[C@H](OC)C4=O)c(C=O)nc32)ncc1C#N. The minimum absolute atomic E-state index is 0.0576. The minimum Gasteiger partial charge on any atom is -0.487 e. The number of ether oxygens (including phenoxy) is 3. The van der Waals surface area contributed by atoms with Gasteiger partial charge in [0.15, 0.2) is 6.29 Å². The van der Waals surface area contributed by atoms with Gasteiger partial charge in [-0.2, -0.15) is 5.26 Å². The second-order valence-electron chi connectivity index (χ2n) is 9.17. The van der Waals surface area contributed by atoms with Crippen LogP contribution in [0.15, 0.2) is 18.3 Å². The van der Waals surface area contributed by atoms with Crippen molar-refractivity contribution in [2.45, 2.75) is 44.9 Å². The molecule has 0 spiro atoms. The number of hydrogen-bond acceptors (Lipinski definition) is 10. The van der Waals surface area contributed by atoms with Crippen LogP contribution in [0.25, 0.3) is 0 Å². The molecule has 2 aliphatic heterocycles. The average molecular weight is 509 g/mol. The van der Waals surface area contributed by atoms with Crippen LogP contribution in [0.5, 0.6) is 5.75 Å². The molecule has 0 saturated carbocycles. The number of aryl methyl sites for hydroxylation is 1. The van der Waals surface area contributed by atoms with Gasteiger partial charge in [-0.15, -0.1) is 0 Å². The monoisotopic (exact) mass is 508 g/mol. The summed E-state index contributed by atoms with van der Waals surface area (Å²) in [6.07, 6.45) is 3.99. The third kappa shape index (κ3) is 5.98. The molecule has 11 heteroatoms. The van der Waals surface area contributed by atoms with Crippen molar-refractivity contribution in [1.82, 2.24) is 14.9 Å². The van der Waals surface area contributed by atoms with Gasteiger partial charge in [0.1, 0.15) is 46.9 Å². The van der Waals surface area contributed by atoms with E-state index in [2.05, 4.69) is 26.3 Å². The van der Waals surface area contributed by atoms with E-state index in [0.29, 0.717) is 55.6 Å². The Morgan fingerprint density at radius 1 is 1.30 bits per heavy atom. The Bertz CT molecular complexity index is 1180. The lowest BCUT2D eigenvalue weighted by Gasteiger charge is -2.31. The Balaban J connectivity index is 1.49. The van der Waals surface area contributed by atoms with Crippen LogP contribution in [0.3, 0.4) is 0 Å². The molecule has 0 unspecified atom stereocenters. The van der Waals surface area contributed by atoms with Crippen LogP contribution in [0.2, 0.25) is 0 Å². The number of nitrogens with one attached hydrogen (secondary N) is 1. The highest BCUT2D eigenvalue weighted by molar-refractivity contribution is 5.83. The first-order valence-corrected chi connectivity index (χ1v) is 12.3. The van der Waals surface area contributed by atoms with Gasteiger partial charge in [0, 0.05) is 51.9 Å². The van der Waals surface area contributed by atoms with E-state index in [1.807, 2.05) is 13.0 Å². The summed E-state index contributed by atoms with van der Waals surface area (Å²) in [7, 11) is 3.13. The lowest BCUT2D eigenvalue weighted by molar-refractivity contribution is -0.136. The first-order valence-electron chi connectivity index (χ1n) is 12.3. The van der Waals surface area contributed by atoms with E-state index in [4.69, 9.17) is 14.2 Å². The van der Waals surface area contributed by atoms with Gasteiger partial charge < -0.3 is 29.3 Å². The summed E-state index contributed by atoms with van der Waals surface area (Å²) in [5.74, 6) is 1.67. The fourth-order valence-electron chi connectivity index (χ4n) is 4.68. The van der Waals surface area contributed by atoms with Crippen LogP contribution in [0.4, 0.5) is 11.6 Å². The van der Waals surface area contributed by atoms with Crippen molar-refractivity contribution in [3.05, 3.63) is 40.7 Å². The molecular weight excluding hydrogens is 476 g/mol. The van der Waals surface area contributed by atoms with Crippen LogP contribution >= 0.6 is 0 Å². The number of carbonyl (C=O) groups is 2. The highest BCUT2D eigenvalue weighted by Gasteiger charge is 2.32. The molecule has 4 heterocycles. The molecule has 11 nitrogen and oxygen atoms in total. The van der Waals surface area contributed by atoms with Crippen LogP contribution in [-0.2, 0) is 27.2 Å². The standard InChI is InChI=1S/C26H32N6O5/c1-17(15-35-2)37-23-10-24(28-12-20(23)11-27)29-16-32-7-4-5-18-9-19(21(14-33)30-25(18)32)13-31-8-6-22(36-3)26(31)34/h9-10,12,14,17,22H,4-8,13,15-16H2,1-3H3,(H,28,29)/t17-,22+/m1/s1. The van der Waals surface area contributed by atoms with Crippen LogP contribution in [-0.4, -0.2) is 79.9 Å². The zero-order valence-corrected chi connectivity index (χ0v) is 21.4. The fraction of sp³-hybridized carbons (Fsp3) is 0.500. The molecule has 196 valence electrons. The molecule has 2 atom stereocenters. The Morgan fingerprint density at radius 3 is 2.84 bits per heavy atom. The summed E-state index contributed by atoms with van der Waals surface area (Å²) in [4.78, 5) is 37.2. The molecule has 2 aromatic heterocycles. The molecule has 2 aliphatic rings. The predicted octanol–water partition coefficient (Wildman–Crippen LogP) is 2.14. The van der Waals surface area contributed by atoms with Crippen LogP contribution in [0.1, 0.15) is 46.9 Å². The molecular formula is C26H32N6O5. The number of carbonyl (C=O) groups excluding carboxylic acids is 2. The van der Waals surface area contributed by atoms with E-state index in [0.717, 1.165) is 42.6 Å². The van der Waals surface area contributed by atoms with Gasteiger partial charge in [-0.25, -0.2) is 9.97 Å². The predicted molar refractivity (Wildman–Crippen MR) is 136 cm³/mol. The highest BCUT2D eigenvalue weighted by atomic mass is 16.5. The summed E-state index contributed by atoms with van der Waals surface area (Å²) in [5, 5.41) is 12.7. The van der Waals surface area contributed by atoms with Gasteiger partial charge in [0.2, 0.25) is 0 Å². The summed E-state index contributed by atoms with van der Waals surface area (Å²) in [6.45, 7) is 4.36. The van der Waals surface area contributed by atoms with E-state index in [9.17, 15) is 14.9 Å². The van der Waals surface area contributed by atoms with Gasteiger partial charge in [0.05, 0.1) is 19.5 Å². The van der Waals surface area contributed by atoms with Gasteiger partial charge in [-0.3, -0.25) is 9.59 Å². The lowest BCUT2D eigenvalue weighted by atomic mass is 10.0. The number of amides is 1. The Morgan fingerprint density at radius 2 is 2.14 bits per heavy atom. The molecule has 0 aromatic carbocycles. The second-order valence-corrected chi connectivity index (χ2v) is 9.17. The first-order chi connectivity index (χ1) is 18.0. The van der Waals surface area contributed by atoms with Gasteiger partial charge in [0.25, 0.3) is 5.91 Å². The van der Waals surface area contributed by atoms with Gasteiger partial charge in [-0.1, -0.05) is 0 Å². The van der Waals surface area contributed by atoms with Crippen LogP contribution < -0.4 is 15.0 Å². The van der Waals surface area contributed by atoms with Crippen molar-refractivity contribution >= 4 is 23.8 Å². The third-order valence-electron chi connectivity index (χ3n) is 6.54. The first kappa shape index (κ1) is 26.3. The summed E-state index contributed by atoms with van der Waals surface area (Å²) < 4.78 is 16.2. The molecule has 0 radical (unpaired) electrons. The van der Waals surface area contributed by atoms with Gasteiger partial charge in [-0.05, 0) is 31.4 Å². The zero-order chi connectivity index (χ0) is 26.4. The number of rotatable bonds is 11. The maximum atomic E-state index is 12.5. The molecule has 0 bridgehead atoms. The summed E-state index contributed by atoms with van der Waals surface area (Å²) >= 11 is 0. The summed E-state index contributed by atoms with van der Waals surface area (Å²) in [5.41, 5.74) is 2.46. The number of fused-ring (bicyclic) bond motifs is 1. The molecule has 0 aliphatic carbocycles. The minimum atomic E-state index is -0.420. The van der Waals surface area contributed by atoms with Crippen molar-refractivity contribution in [2.75, 3.05) is 50.8 Å². The smallest absolute Gasteiger partial charge is 0.252 e. The Kier molecular flexibility index (Phi) is 8.53. The van der Waals surface area contributed by atoms with Gasteiger partial charge >= 0.3 is 0 Å². The van der Waals surface area contributed by atoms with E-state index in [-0.39, 0.29) is 12.0 Å². The number of methoxy groups -OCH3 is 2. The van der Waals surface area contributed by atoms with Crippen molar-refractivity contribution in [2.24, 2.45) is 0 Å². The molecule has 37 heavy (non-hydrogen) atoms. The second kappa shape index (κ2) is 12.0. The highest BCUT2D eigenvalue weighted by Crippen LogP contribution is 2.29. The average Bonchev–Trinajstić information content (AvgIpc) is 3.26. The molecule has 1 amide bonds. The summed E-state index contributed by atoms with van der Waals surface area (Å²) in [6, 6.07) is 5.79. The van der Waals surface area contributed by atoms with Crippen molar-refractivity contribution in [1.29, 1.82) is 5.26 Å². The number of aromatic nitrogens is 2. The quantitative estimate of drug-likeness (QED) is 0.451. The number of likely N-dealkylation sites (tertiary alicyclic amines) is 1. The van der Waals surface area contributed by atoms with E-state index >= 15 is 0 Å². The number of pyridine rings is 2. The van der Waals surface area contributed by atoms with Crippen molar-refractivity contribution in [3.63, 3.8) is 0 Å². The molecule has 2 aromatic rings. The maximum Gasteiger partial charge on any atom is 0.252 e. The fourth-order valence-corrected chi connectivity index (χ4v) is 4.68.